The number of rotatable bonds is 5. The summed E-state index contributed by atoms with van der Waals surface area (Å²) in [7, 11) is -4.20. The summed E-state index contributed by atoms with van der Waals surface area (Å²) >= 11 is 0. The maximum absolute atomic E-state index is 12.4. The van der Waals surface area contributed by atoms with Gasteiger partial charge in [-0.1, -0.05) is 60.7 Å². The summed E-state index contributed by atoms with van der Waals surface area (Å²) in [6.45, 7) is 0. The Labute approximate surface area is 148 Å². The second kappa shape index (κ2) is 6.95. The molecule has 0 saturated carbocycles. The van der Waals surface area contributed by atoms with E-state index in [1.165, 1.54) is 0 Å². The zero-order valence-electron chi connectivity index (χ0n) is 13.5. The molecule has 0 atom stereocenters. The van der Waals surface area contributed by atoms with Gasteiger partial charge >= 0.3 is 6.18 Å². The second-order valence-corrected chi connectivity index (χ2v) is 7.71. The molecule has 0 aliphatic rings. The topological polar surface area (TPSA) is 62.8 Å². The van der Waals surface area contributed by atoms with Crippen molar-refractivity contribution in [1.29, 1.82) is 0 Å². The van der Waals surface area contributed by atoms with E-state index in [-0.39, 0.29) is 0 Å². The Hall–Kier alpha value is -2.61. The van der Waals surface area contributed by atoms with Crippen LogP contribution in [0.15, 0.2) is 65.8 Å². The first-order chi connectivity index (χ1) is 12.3. The summed E-state index contributed by atoms with van der Waals surface area (Å²) in [5, 5.41) is -0.459. The predicted octanol–water partition coefficient (Wildman–Crippen LogP) is 4.47. The zero-order valence-corrected chi connectivity index (χ0v) is 14.3. The molecule has 0 saturated heterocycles. The molecule has 0 spiro atoms. The van der Waals surface area contributed by atoms with Crippen LogP contribution < -0.4 is 0 Å². The highest BCUT2D eigenvalue weighted by Gasteiger charge is 2.32. The highest BCUT2D eigenvalue weighted by atomic mass is 32.2. The maximum Gasteiger partial charge on any atom is 0.390 e. The standard InChI is InChI=1S/C18H15F3N2O2S/c19-18(20,21)11-12-26(24,25)17-22-15(13-7-3-1-4-8-13)16(23-17)14-9-5-2-6-10-14/h1-10H,11-12H2,(H,22,23). The fourth-order valence-corrected chi connectivity index (χ4v) is 3.65. The molecule has 3 aromatic rings. The van der Waals surface area contributed by atoms with Crippen LogP contribution in [0.1, 0.15) is 6.42 Å². The number of H-pyrrole nitrogens is 1. The lowest BCUT2D eigenvalue weighted by Gasteiger charge is -2.05. The number of alkyl halides is 3. The average Bonchev–Trinajstić information content (AvgIpc) is 3.07. The minimum absolute atomic E-state index is 0.377. The number of hydrogen-bond acceptors (Lipinski definition) is 3. The first-order valence-electron chi connectivity index (χ1n) is 7.77. The summed E-state index contributed by atoms with van der Waals surface area (Å²) in [5.74, 6) is -1.05. The van der Waals surface area contributed by atoms with E-state index >= 15 is 0 Å². The molecule has 1 N–H and O–H groups in total. The van der Waals surface area contributed by atoms with Crippen molar-refractivity contribution in [3.63, 3.8) is 0 Å². The number of nitrogens with zero attached hydrogens (tertiary/aromatic N) is 1. The molecule has 1 aromatic heterocycles. The van der Waals surface area contributed by atoms with Gasteiger partial charge in [0.25, 0.3) is 0 Å². The molecule has 0 aliphatic carbocycles. The molecule has 26 heavy (non-hydrogen) atoms. The van der Waals surface area contributed by atoms with E-state index in [9.17, 15) is 21.6 Å². The van der Waals surface area contributed by atoms with Crippen molar-refractivity contribution in [1.82, 2.24) is 9.97 Å². The molecule has 0 unspecified atom stereocenters. The number of imidazole rings is 1. The van der Waals surface area contributed by atoms with Crippen molar-refractivity contribution < 1.29 is 21.6 Å². The summed E-state index contributed by atoms with van der Waals surface area (Å²) in [6.07, 6.45) is -5.97. The molecule has 8 heteroatoms. The minimum atomic E-state index is -4.55. The molecule has 0 fully saturated rings. The van der Waals surface area contributed by atoms with Gasteiger partial charge in [0.15, 0.2) is 0 Å². The van der Waals surface area contributed by atoms with E-state index in [1.807, 2.05) is 6.07 Å². The first kappa shape index (κ1) is 18.2. The van der Waals surface area contributed by atoms with Gasteiger partial charge in [-0.3, -0.25) is 0 Å². The number of aromatic amines is 1. The van der Waals surface area contributed by atoms with Gasteiger partial charge in [-0.25, -0.2) is 13.4 Å². The van der Waals surface area contributed by atoms with Crippen LogP contribution in [0.4, 0.5) is 13.2 Å². The third-order valence-electron chi connectivity index (χ3n) is 3.74. The molecule has 3 rings (SSSR count). The highest BCUT2D eigenvalue weighted by molar-refractivity contribution is 7.91. The van der Waals surface area contributed by atoms with Crippen molar-refractivity contribution in [3.8, 4) is 22.5 Å². The number of halogens is 3. The van der Waals surface area contributed by atoms with Crippen LogP contribution in [-0.4, -0.2) is 30.3 Å². The molecule has 1 heterocycles. The van der Waals surface area contributed by atoms with Gasteiger partial charge in [0.2, 0.25) is 15.0 Å². The Morgan fingerprint density at radius 2 is 1.42 bits per heavy atom. The fourth-order valence-electron chi connectivity index (χ4n) is 2.46. The molecular formula is C18H15F3N2O2S. The lowest BCUT2D eigenvalue weighted by molar-refractivity contribution is -0.129. The van der Waals surface area contributed by atoms with Crippen LogP contribution >= 0.6 is 0 Å². The van der Waals surface area contributed by atoms with Crippen molar-refractivity contribution >= 4 is 9.84 Å². The SMILES string of the molecule is O=S(=O)(CCC(F)(F)F)c1nc(-c2ccccc2)c(-c2ccccc2)[nH]1. The molecule has 4 nitrogen and oxygen atoms in total. The van der Waals surface area contributed by atoms with Gasteiger partial charge in [0, 0.05) is 11.1 Å². The summed E-state index contributed by atoms with van der Waals surface area (Å²) < 4.78 is 61.9. The number of aromatic nitrogens is 2. The van der Waals surface area contributed by atoms with Crippen molar-refractivity contribution in [3.05, 3.63) is 60.7 Å². The number of nitrogens with one attached hydrogen (secondary N) is 1. The average molecular weight is 380 g/mol. The normalized spacial score (nSPS) is 12.3. The van der Waals surface area contributed by atoms with Crippen molar-refractivity contribution in [2.75, 3.05) is 5.75 Å². The third kappa shape index (κ3) is 4.13. The van der Waals surface area contributed by atoms with Crippen molar-refractivity contribution in [2.45, 2.75) is 17.8 Å². The van der Waals surface area contributed by atoms with Gasteiger partial charge in [-0.05, 0) is 0 Å². The molecule has 0 bridgehead atoms. The monoisotopic (exact) mass is 380 g/mol. The first-order valence-corrected chi connectivity index (χ1v) is 9.42. The highest BCUT2D eigenvalue weighted by Crippen LogP contribution is 2.32. The molecule has 2 aromatic carbocycles. The van der Waals surface area contributed by atoms with Crippen LogP contribution in [0.25, 0.3) is 22.5 Å². The molecular weight excluding hydrogens is 365 g/mol. The largest absolute Gasteiger partial charge is 0.390 e. The van der Waals surface area contributed by atoms with E-state index < -0.39 is 33.3 Å². The Morgan fingerprint density at radius 3 is 1.96 bits per heavy atom. The zero-order chi connectivity index (χ0) is 18.8. The lowest BCUT2D eigenvalue weighted by Crippen LogP contribution is -2.17. The second-order valence-electron chi connectivity index (χ2n) is 5.68. The summed E-state index contributed by atoms with van der Waals surface area (Å²) in [5.41, 5.74) is 2.18. The predicted molar refractivity (Wildman–Crippen MR) is 92.2 cm³/mol. The molecule has 0 amide bonds. The Kier molecular flexibility index (Phi) is 4.86. The Morgan fingerprint density at radius 1 is 0.885 bits per heavy atom. The lowest BCUT2D eigenvalue weighted by atomic mass is 10.1. The van der Waals surface area contributed by atoms with Crippen LogP contribution in [0.5, 0.6) is 0 Å². The molecule has 0 aliphatic heterocycles. The number of benzene rings is 2. The van der Waals surface area contributed by atoms with Crippen LogP contribution in [0.2, 0.25) is 0 Å². The van der Waals surface area contributed by atoms with Gasteiger partial charge < -0.3 is 4.98 Å². The van der Waals surface area contributed by atoms with Crippen LogP contribution in [-0.2, 0) is 9.84 Å². The van der Waals surface area contributed by atoms with E-state index in [2.05, 4.69) is 9.97 Å². The maximum atomic E-state index is 12.4. The van der Waals surface area contributed by atoms with Gasteiger partial charge in [0.1, 0.15) is 0 Å². The van der Waals surface area contributed by atoms with Crippen LogP contribution in [0, 0.1) is 0 Å². The van der Waals surface area contributed by atoms with E-state index in [4.69, 9.17) is 0 Å². The van der Waals surface area contributed by atoms with E-state index in [1.54, 1.807) is 54.6 Å². The third-order valence-corrected chi connectivity index (χ3v) is 5.26. The Bertz CT molecular complexity index is 925. The van der Waals surface area contributed by atoms with Gasteiger partial charge in [-0.15, -0.1) is 0 Å². The van der Waals surface area contributed by atoms with E-state index in [0.29, 0.717) is 22.5 Å². The summed E-state index contributed by atoms with van der Waals surface area (Å²) in [6, 6.07) is 17.8. The van der Waals surface area contributed by atoms with Crippen LogP contribution in [0.3, 0.4) is 0 Å². The number of sulfone groups is 1. The number of hydrogen-bond donors (Lipinski definition) is 1. The van der Waals surface area contributed by atoms with E-state index in [0.717, 1.165) is 0 Å². The van der Waals surface area contributed by atoms with Crippen molar-refractivity contribution in [2.24, 2.45) is 0 Å². The Balaban J connectivity index is 2.08. The quantitative estimate of drug-likeness (QED) is 0.710. The fraction of sp³-hybridized carbons (Fsp3) is 0.167. The van der Waals surface area contributed by atoms with Gasteiger partial charge in [-0.2, -0.15) is 13.2 Å². The molecule has 136 valence electrons. The smallest absolute Gasteiger partial charge is 0.328 e. The molecule has 0 radical (unpaired) electrons. The van der Waals surface area contributed by atoms with Gasteiger partial charge in [0.05, 0.1) is 23.6 Å². The summed E-state index contributed by atoms with van der Waals surface area (Å²) in [4.78, 5) is 6.82. The minimum Gasteiger partial charge on any atom is -0.328 e.